The van der Waals surface area contributed by atoms with Gasteiger partial charge < -0.3 is 48.3 Å². The van der Waals surface area contributed by atoms with Crippen LogP contribution in [0.4, 0.5) is 4.79 Å². The van der Waals surface area contributed by atoms with Gasteiger partial charge in [0.05, 0.1) is 23.5 Å². The Morgan fingerprint density at radius 2 is 1.08 bits per heavy atom. The van der Waals surface area contributed by atoms with E-state index in [4.69, 9.17) is 37.9 Å². The Hall–Kier alpha value is -6.14. The minimum Gasteiger partial charge on any atom is -0.461 e. The summed E-state index contributed by atoms with van der Waals surface area (Å²) in [6.07, 6.45) is 14.9. The van der Waals surface area contributed by atoms with E-state index in [1.54, 1.807) is 97.0 Å². The van der Waals surface area contributed by atoms with E-state index < -0.39 is 130 Å². The predicted octanol–water partition coefficient (Wildman–Crippen LogP) is 16.7. The molecule has 1 aliphatic heterocycles. The maximum absolute atomic E-state index is 17.1. The molecule has 1 amide bonds. The van der Waals surface area contributed by atoms with Gasteiger partial charge >= 0.3 is 41.9 Å². The summed E-state index contributed by atoms with van der Waals surface area (Å²) in [6, 6.07) is 15.0. The van der Waals surface area contributed by atoms with Gasteiger partial charge in [-0.3, -0.25) is 24.0 Å². The molecule has 0 radical (unpaired) electrons. The molecule has 2 bridgehead atoms. The number of esters is 6. The van der Waals surface area contributed by atoms with Crippen LogP contribution in [0.2, 0.25) is 0 Å². The number of hydrogen-bond acceptors (Lipinski definition) is 17. The van der Waals surface area contributed by atoms with E-state index in [0.717, 1.165) is 116 Å². The highest BCUT2D eigenvalue weighted by atomic mass is 16.6. The van der Waals surface area contributed by atoms with Crippen LogP contribution in [0.15, 0.2) is 71.8 Å². The highest BCUT2D eigenvalue weighted by molar-refractivity contribution is 5.96. The SMILES string of the molecule is CCCCCCCCCCCC(=O)O[C@H]1C(=O)[C@]2(C)[C@@H](OC(=O)CCCCCCCCCCC)C[C@H]3OC[C@@]3(OC(C)=O)[C@H]2[C@H](OC(=O)c2ccccc2)[C@]2(O)C[C@H](OC(=O)[C@H](OC(=O)CCCCCCCCCCC)[C@@H](NC(=O)OC(C)(C)C)c3ccccc3)C(C)=C1C2(C)C. The number of aliphatic hydroxyl groups is 1. The fraction of sp³-hybridized carbons (Fsp3) is 0.722. The number of ether oxygens (including phenoxy) is 8. The average molecular weight is 1350 g/mol. The van der Waals surface area contributed by atoms with Crippen LogP contribution < -0.4 is 5.32 Å². The summed E-state index contributed by atoms with van der Waals surface area (Å²) >= 11 is 0. The average Bonchev–Trinajstić information content (AvgIpc) is 0.669. The van der Waals surface area contributed by atoms with Gasteiger partial charge in [0.1, 0.15) is 41.7 Å². The largest absolute Gasteiger partial charge is 0.461 e. The van der Waals surface area contributed by atoms with Crippen molar-refractivity contribution in [3.63, 3.8) is 0 Å². The number of fused-ring (bicyclic) bond motifs is 5. The fourth-order valence-corrected chi connectivity index (χ4v) is 15.2. The Morgan fingerprint density at radius 1 is 0.619 bits per heavy atom. The van der Waals surface area contributed by atoms with E-state index >= 15 is 14.4 Å². The second-order valence-electron chi connectivity index (χ2n) is 29.7. The molecule has 18 heteroatoms. The number of carbonyl (C=O) groups excluding carboxylic acids is 8. The van der Waals surface area contributed by atoms with Gasteiger partial charge in [0.25, 0.3) is 0 Å². The highest BCUT2D eigenvalue weighted by Gasteiger charge is 2.79. The second-order valence-corrected chi connectivity index (χ2v) is 29.7. The van der Waals surface area contributed by atoms with Crippen molar-refractivity contribution in [3.8, 4) is 0 Å². The number of hydrogen-bond donors (Lipinski definition) is 2. The maximum Gasteiger partial charge on any atom is 0.408 e. The molecule has 1 heterocycles. The van der Waals surface area contributed by atoms with Crippen molar-refractivity contribution in [3.05, 3.63) is 82.9 Å². The Balaban J connectivity index is 1.51. The van der Waals surface area contributed by atoms with E-state index in [1.807, 2.05) is 0 Å². The van der Waals surface area contributed by atoms with Crippen LogP contribution in [0, 0.1) is 16.7 Å². The van der Waals surface area contributed by atoms with Crippen LogP contribution in [0.3, 0.4) is 0 Å². The van der Waals surface area contributed by atoms with Crippen molar-refractivity contribution < 1.29 is 81.4 Å². The molecule has 2 N–H and O–H groups in total. The zero-order valence-electron chi connectivity index (χ0n) is 60.7. The van der Waals surface area contributed by atoms with Crippen molar-refractivity contribution in [2.75, 3.05) is 6.61 Å². The van der Waals surface area contributed by atoms with E-state index in [9.17, 15) is 29.1 Å². The number of unbranched alkanes of at least 4 members (excludes halogenated alkanes) is 24. The summed E-state index contributed by atoms with van der Waals surface area (Å²) in [5, 5.41) is 17.5. The Bertz CT molecular complexity index is 2880. The molecule has 0 unspecified atom stereocenters. The van der Waals surface area contributed by atoms with Crippen LogP contribution in [0.5, 0.6) is 0 Å². The van der Waals surface area contributed by atoms with Crippen LogP contribution >= 0.6 is 0 Å². The fourth-order valence-electron chi connectivity index (χ4n) is 15.2. The molecule has 2 saturated carbocycles. The number of carbonyl (C=O) groups is 8. The van der Waals surface area contributed by atoms with Crippen molar-refractivity contribution in [1.82, 2.24) is 5.32 Å². The smallest absolute Gasteiger partial charge is 0.408 e. The third-order valence-electron chi connectivity index (χ3n) is 20.7. The number of nitrogens with one attached hydrogen (secondary N) is 1. The van der Waals surface area contributed by atoms with Crippen LogP contribution in [0.1, 0.15) is 304 Å². The van der Waals surface area contributed by atoms with Crippen molar-refractivity contribution in [2.24, 2.45) is 16.7 Å². The lowest BCUT2D eigenvalue weighted by Gasteiger charge is -2.67. The Kier molecular flexibility index (Phi) is 31.6. The monoisotopic (exact) mass is 1350 g/mol. The van der Waals surface area contributed by atoms with E-state index in [0.29, 0.717) is 31.2 Å². The number of rotatable bonds is 41. The molecule has 4 aliphatic rings. The summed E-state index contributed by atoms with van der Waals surface area (Å²) < 4.78 is 51.4. The third-order valence-corrected chi connectivity index (χ3v) is 20.7. The second kappa shape index (κ2) is 38.4. The van der Waals surface area contributed by atoms with Gasteiger partial charge in [-0.25, -0.2) is 14.4 Å². The normalized spacial score (nSPS) is 24.7. The molecule has 1 saturated heterocycles. The minimum absolute atomic E-state index is 0.00766. The van der Waals surface area contributed by atoms with Gasteiger partial charge in [-0.15, -0.1) is 0 Å². The molecule has 3 aliphatic carbocycles. The van der Waals surface area contributed by atoms with Gasteiger partial charge in [0.2, 0.25) is 6.10 Å². The molecule has 0 spiro atoms. The van der Waals surface area contributed by atoms with Crippen LogP contribution in [-0.2, 0) is 66.7 Å². The number of alkyl carbamates (subject to hydrolysis) is 1. The van der Waals surface area contributed by atoms with Crippen molar-refractivity contribution in [1.29, 1.82) is 0 Å². The molecule has 2 aromatic carbocycles. The molecular weight excluding hydrogens is 1230 g/mol. The number of ketones is 1. The lowest BCUT2D eigenvalue weighted by molar-refractivity contribution is -0.346. The number of benzene rings is 2. The minimum atomic E-state index is -2.50. The maximum atomic E-state index is 17.1. The standard InChI is InChI=1S/C79H119NO17/c1-12-15-18-21-24-27-30-33-42-49-62(82)92-60-52-61-78(54-90-61,96-56(5)81)69-71(95-72(86)58-47-40-37-41-48-58)79(89)53-59(55(4)65(76(79,9)10)67(70(85)77(60,69)11)93-63(83)50-43-34-31-28-25-22-19-16-13-2)91-73(87)68(94-64(84)51-44-35-32-29-26-23-20-17-14-3)66(57-45-38-36-39-46-57)80-74(88)97-75(6,7)8/h36-41,45-48,59-61,66-69,71,89H,12-35,42-44,49-54H2,1-11H3,(H,80,88)/t59-,60-,61+,66-,67+,68+,69-,71-,77+,78-,79+/m0/s1. The van der Waals surface area contributed by atoms with Gasteiger partial charge in [-0.05, 0) is 82.7 Å². The Labute approximate surface area is 579 Å². The molecule has 6 rings (SSSR count). The van der Waals surface area contributed by atoms with Crippen LogP contribution in [-0.4, -0.2) is 113 Å². The molecule has 11 atom stereocenters. The topological polar surface area (TPSA) is 243 Å². The molecule has 97 heavy (non-hydrogen) atoms. The molecule has 18 nitrogen and oxygen atoms in total. The van der Waals surface area contributed by atoms with Gasteiger partial charge in [0, 0.05) is 44.4 Å². The molecule has 542 valence electrons. The number of Topliss-reactive ketones (excluding diaryl/α,β-unsaturated/α-hetero) is 1. The first-order valence-corrected chi connectivity index (χ1v) is 37.2. The van der Waals surface area contributed by atoms with E-state index in [2.05, 4.69) is 26.1 Å². The zero-order chi connectivity index (χ0) is 70.8. The first kappa shape index (κ1) is 79.8. The van der Waals surface area contributed by atoms with Gasteiger partial charge in [-0.2, -0.15) is 0 Å². The van der Waals surface area contributed by atoms with Gasteiger partial charge in [-0.1, -0.05) is 237 Å². The summed E-state index contributed by atoms with van der Waals surface area (Å²) in [6.45, 7) is 18.8. The summed E-state index contributed by atoms with van der Waals surface area (Å²) in [4.78, 5) is 119. The molecule has 2 aromatic rings. The lowest BCUT2D eigenvalue weighted by atomic mass is 9.44. The Morgan fingerprint density at radius 3 is 1.55 bits per heavy atom. The van der Waals surface area contributed by atoms with Crippen LogP contribution in [0.25, 0.3) is 0 Å². The van der Waals surface area contributed by atoms with Crippen molar-refractivity contribution in [2.45, 2.75) is 341 Å². The summed E-state index contributed by atoms with van der Waals surface area (Å²) in [5.41, 5.74) is -8.64. The quantitative estimate of drug-likeness (QED) is 0.0272. The summed E-state index contributed by atoms with van der Waals surface area (Å²) in [5.74, 6) is -7.41. The van der Waals surface area contributed by atoms with Crippen molar-refractivity contribution >= 4 is 47.7 Å². The molecular formula is C79H119NO17. The highest BCUT2D eigenvalue weighted by Crippen LogP contribution is 2.65. The zero-order valence-corrected chi connectivity index (χ0v) is 60.7. The summed E-state index contributed by atoms with van der Waals surface area (Å²) in [7, 11) is 0. The van der Waals surface area contributed by atoms with Gasteiger partial charge in [0.15, 0.2) is 17.5 Å². The first-order chi connectivity index (χ1) is 46.3. The molecule has 3 fully saturated rings. The predicted molar refractivity (Wildman–Crippen MR) is 371 cm³/mol. The van der Waals surface area contributed by atoms with E-state index in [1.165, 1.54) is 51.2 Å². The first-order valence-electron chi connectivity index (χ1n) is 37.2. The number of amides is 1. The van der Waals surface area contributed by atoms with E-state index in [-0.39, 0.29) is 49.0 Å². The lowest BCUT2D eigenvalue weighted by Crippen LogP contribution is -2.82. The third kappa shape index (κ3) is 21.7. The molecule has 0 aromatic heterocycles.